The van der Waals surface area contributed by atoms with E-state index in [0.29, 0.717) is 0 Å². The Hall–Kier alpha value is -0.310. The first-order valence-electron chi connectivity index (χ1n) is 2.47. The normalized spacial score (nSPS) is 23.8. The average Bonchev–Trinajstić information content (AvgIpc) is 1.65. The molecule has 0 aromatic carbocycles. The van der Waals surface area contributed by atoms with Crippen LogP contribution in [0.2, 0.25) is 0 Å². The molecule has 0 N–H and O–H groups in total. The van der Waals surface area contributed by atoms with Gasteiger partial charge in [0, 0.05) is 18.1 Å². The summed E-state index contributed by atoms with van der Waals surface area (Å²) in [5, 5.41) is 3.68. The van der Waals surface area contributed by atoms with E-state index >= 15 is 0 Å². The Bertz CT molecular complexity index is 137. The highest BCUT2D eigenvalue weighted by atomic mass is 32.2. The van der Waals surface area contributed by atoms with E-state index in [1.165, 1.54) is 11.9 Å². The topological polar surface area (TPSA) is 24.7 Å². The van der Waals surface area contributed by atoms with Crippen LogP contribution in [0.3, 0.4) is 0 Å². The van der Waals surface area contributed by atoms with Crippen LogP contribution in [0.5, 0.6) is 0 Å². The Morgan fingerprint density at radius 3 is 2.50 bits per heavy atom. The van der Waals surface area contributed by atoms with Crippen LogP contribution < -0.4 is 0 Å². The van der Waals surface area contributed by atoms with E-state index in [1.807, 2.05) is 6.08 Å². The summed E-state index contributed by atoms with van der Waals surface area (Å²) in [4.78, 5) is 0. The maximum absolute atomic E-state index is 3.78. The Balaban J connectivity index is 2.65. The molecule has 0 bridgehead atoms. The van der Waals surface area contributed by atoms with Gasteiger partial charge in [-0.2, -0.15) is 5.11 Å². The third-order valence-electron chi connectivity index (χ3n) is 0.866. The molecule has 8 heavy (non-hydrogen) atoms. The van der Waals surface area contributed by atoms with Gasteiger partial charge in [-0.15, -0.1) is 4.52 Å². The zero-order valence-electron chi connectivity index (χ0n) is 4.96. The second-order valence-electron chi connectivity index (χ2n) is 2.21. The molecule has 0 aliphatic carbocycles. The molecular formula is C5H8N2S. The lowest BCUT2D eigenvalue weighted by molar-refractivity contribution is 0.881. The van der Waals surface area contributed by atoms with Gasteiger partial charge in [-0.25, -0.2) is 0 Å². The SMILES string of the molecule is CC1(C)C=CN=NS1. The fourth-order valence-electron chi connectivity index (χ4n) is 0.399. The van der Waals surface area contributed by atoms with E-state index in [4.69, 9.17) is 0 Å². The van der Waals surface area contributed by atoms with E-state index in [0.717, 1.165) is 0 Å². The summed E-state index contributed by atoms with van der Waals surface area (Å²) in [7, 11) is 0. The zero-order valence-corrected chi connectivity index (χ0v) is 5.77. The van der Waals surface area contributed by atoms with Crippen LogP contribution in [0.1, 0.15) is 13.8 Å². The van der Waals surface area contributed by atoms with Crippen molar-refractivity contribution in [2.75, 3.05) is 0 Å². The molecule has 0 saturated carbocycles. The summed E-state index contributed by atoms with van der Waals surface area (Å²) in [6, 6.07) is 0. The van der Waals surface area contributed by atoms with Crippen LogP contribution in [-0.2, 0) is 0 Å². The van der Waals surface area contributed by atoms with Crippen LogP contribution in [0, 0.1) is 0 Å². The summed E-state index contributed by atoms with van der Waals surface area (Å²) >= 11 is 1.49. The maximum atomic E-state index is 3.78. The molecule has 3 heteroatoms. The van der Waals surface area contributed by atoms with Crippen LogP contribution >= 0.6 is 11.9 Å². The van der Waals surface area contributed by atoms with E-state index < -0.39 is 0 Å². The fraction of sp³-hybridized carbons (Fsp3) is 0.600. The number of hydrogen-bond donors (Lipinski definition) is 0. The van der Waals surface area contributed by atoms with Crippen molar-refractivity contribution in [3.63, 3.8) is 0 Å². The summed E-state index contributed by atoms with van der Waals surface area (Å²) in [5.74, 6) is 0. The van der Waals surface area contributed by atoms with Crippen molar-refractivity contribution in [1.82, 2.24) is 0 Å². The average molecular weight is 128 g/mol. The van der Waals surface area contributed by atoms with Gasteiger partial charge in [-0.3, -0.25) is 0 Å². The lowest BCUT2D eigenvalue weighted by Gasteiger charge is -2.15. The Labute approximate surface area is 53.2 Å². The monoisotopic (exact) mass is 128 g/mol. The van der Waals surface area contributed by atoms with Gasteiger partial charge in [0.05, 0.1) is 4.75 Å². The molecule has 0 fully saturated rings. The van der Waals surface area contributed by atoms with Gasteiger partial charge in [0.15, 0.2) is 0 Å². The van der Waals surface area contributed by atoms with E-state index in [9.17, 15) is 0 Å². The molecule has 1 aliphatic heterocycles. The highest BCUT2D eigenvalue weighted by Gasteiger charge is 2.15. The molecule has 0 saturated heterocycles. The highest BCUT2D eigenvalue weighted by molar-refractivity contribution is 7.99. The van der Waals surface area contributed by atoms with Crippen LogP contribution in [0.15, 0.2) is 21.9 Å². The number of hydrogen-bond acceptors (Lipinski definition) is 3. The Kier molecular flexibility index (Phi) is 1.38. The molecule has 0 amide bonds. The first-order chi connectivity index (χ1) is 3.71. The van der Waals surface area contributed by atoms with E-state index in [2.05, 4.69) is 23.5 Å². The van der Waals surface area contributed by atoms with Gasteiger partial charge in [0.25, 0.3) is 0 Å². The number of nitrogens with zero attached hydrogens (tertiary/aromatic N) is 2. The summed E-state index contributed by atoms with van der Waals surface area (Å²) in [5.41, 5.74) is 0. The third-order valence-corrected chi connectivity index (χ3v) is 1.65. The molecule has 44 valence electrons. The maximum Gasteiger partial charge on any atom is 0.0537 e. The first kappa shape index (κ1) is 5.82. The molecule has 0 aromatic rings. The van der Waals surface area contributed by atoms with Gasteiger partial charge >= 0.3 is 0 Å². The fourth-order valence-corrected chi connectivity index (χ4v) is 0.833. The van der Waals surface area contributed by atoms with Crippen molar-refractivity contribution in [2.24, 2.45) is 9.63 Å². The molecule has 0 aromatic heterocycles. The van der Waals surface area contributed by atoms with Crippen molar-refractivity contribution >= 4 is 11.9 Å². The van der Waals surface area contributed by atoms with E-state index in [1.54, 1.807) is 6.20 Å². The van der Waals surface area contributed by atoms with Crippen molar-refractivity contribution < 1.29 is 0 Å². The minimum atomic E-state index is 0.155. The minimum absolute atomic E-state index is 0.155. The van der Waals surface area contributed by atoms with Crippen LogP contribution in [0.25, 0.3) is 0 Å². The highest BCUT2D eigenvalue weighted by Crippen LogP contribution is 2.29. The van der Waals surface area contributed by atoms with Crippen molar-refractivity contribution in [3.05, 3.63) is 12.3 Å². The van der Waals surface area contributed by atoms with Crippen molar-refractivity contribution in [3.8, 4) is 0 Å². The first-order valence-corrected chi connectivity index (χ1v) is 3.24. The molecule has 2 nitrogen and oxygen atoms in total. The smallest absolute Gasteiger partial charge is 0.0537 e. The molecule has 0 radical (unpaired) electrons. The van der Waals surface area contributed by atoms with Crippen molar-refractivity contribution in [1.29, 1.82) is 0 Å². The molecule has 0 unspecified atom stereocenters. The molecule has 1 heterocycles. The molecule has 1 rings (SSSR count). The van der Waals surface area contributed by atoms with Crippen LogP contribution in [0.4, 0.5) is 0 Å². The molecule has 0 spiro atoms. The van der Waals surface area contributed by atoms with Gasteiger partial charge in [0.2, 0.25) is 0 Å². The molecule has 0 atom stereocenters. The zero-order chi connectivity index (χ0) is 6.04. The predicted molar refractivity (Wildman–Crippen MR) is 35.7 cm³/mol. The standard InChI is InChI=1S/C5H8N2S/c1-5(2)3-4-6-7-8-5/h3-4H,1-2H3. The lowest BCUT2D eigenvalue weighted by Crippen LogP contribution is -2.09. The summed E-state index contributed by atoms with van der Waals surface area (Å²) in [6.07, 6.45) is 3.77. The lowest BCUT2D eigenvalue weighted by atomic mass is 10.2. The Morgan fingerprint density at radius 1 is 1.50 bits per heavy atom. The largest absolute Gasteiger partial charge is 0.152 e. The van der Waals surface area contributed by atoms with Gasteiger partial charge < -0.3 is 0 Å². The predicted octanol–water partition coefficient (Wildman–Crippen LogP) is 2.39. The summed E-state index contributed by atoms with van der Waals surface area (Å²) < 4.78 is 3.94. The van der Waals surface area contributed by atoms with Gasteiger partial charge in [-0.1, -0.05) is 0 Å². The second-order valence-corrected chi connectivity index (χ2v) is 3.61. The van der Waals surface area contributed by atoms with Gasteiger partial charge in [0.1, 0.15) is 0 Å². The number of rotatable bonds is 0. The van der Waals surface area contributed by atoms with Crippen molar-refractivity contribution in [2.45, 2.75) is 18.6 Å². The van der Waals surface area contributed by atoms with Gasteiger partial charge in [-0.05, 0) is 19.9 Å². The molecule has 1 aliphatic rings. The minimum Gasteiger partial charge on any atom is -0.152 e. The van der Waals surface area contributed by atoms with Crippen LogP contribution in [-0.4, -0.2) is 4.75 Å². The second kappa shape index (κ2) is 1.90. The Morgan fingerprint density at radius 2 is 2.25 bits per heavy atom. The molecular weight excluding hydrogens is 120 g/mol. The van der Waals surface area contributed by atoms with E-state index in [-0.39, 0.29) is 4.75 Å². The quantitative estimate of drug-likeness (QED) is 0.460. The summed E-state index contributed by atoms with van der Waals surface area (Å²) in [6.45, 7) is 4.21. The third kappa shape index (κ3) is 1.33.